The molecule has 0 aromatic carbocycles. The predicted molar refractivity (Wildman–Crippen MR) is 41.7 cm³/mol. The largest absolute Gasteiger partial charge is 0.275 e. The lowest BCUT2D eigenvalue weighted by Crippen LogP contribution is -2.43. The number of amides is 1. The number of hydroxylamine groups is 2. The summed E-state index contributed by atoms with van der Waals surface area (Å²) in [5.74, 6) is 0.103. The van der Waals surface area contributed by atoms with Crippen LogP contribution in [0.1, 0.15) is 26.2 Å². The van der Waals surface area contributed by atoms with Crippen molar-refractivity contribution in [1.29, 1.82) is 0 Å². The molecule has 1 aliphatic carbocycles. The highest BCUT2D eigenvalue weighted by molar-refractivity contribution is 5.82. The van der Waals surface area contributed by atoms with Crippen LogP contribution < -0.4 is 0 Å². The molecule has 0 aliphatic heterocycles. The molecule has 1 fully saturated rings. The molecule has 0 bridgehead atoms. The van der Waals surface area contributed by atoms with Gasteiger partial charge in [0.2, 0.25) is 0 Å². The van der Waals surface area contributed by atoms with Crippen molar-refractivity contribution < 1.29 is 9.63 Å². The molecule has 1 rings (SSSR count). The summed E-state index contributed by atoms with van der Waals surface area (Å²) in [5, 5.41) is 1.32. The van der Waals surface area contributed by atoms with Crippen LogP contribution in [0.15, 0.2) is 0 Å². The van der Waals surface area contributed by atoms with Crippen LogP contribution in [0.3, 0.4) is 0 Å². The van der Waals surface area contributed by atoms with Gasteiger partial charge >= 0.3 is 0 Å². The molecule has 0 unspecified atom stereocenters. The Morgan fingerprint density at radius 3 is 2.36 bits per heavy atom. The van der Waals surface area contributed by atoms with Gasteiger partial charge < -0.3 is 0 Å². The van der Waals surface area contributed by atoms with E-state index >= 15 is 0 Å². The maximum atomic E-state index is 11.5. The molecule has 1 aliphatic rings. The number of carbonyl (C=O) groups excluding carboxylic acids is 1. The van der Waals surface area contributed by atoms with Crippen LogP contribution in [0, 0.1) is 5.41 Å². The van der Waals surface area contributed by atoms with Gasteiger partial charge in [0.1, 0.15) is 0 Å². The molecule has 0 aromatic rings. The van der Waals surface area contributed by atoms with Gasteiger partial charge in [-0.3, -0.25) is 9.63 Å². The zero-order valence-corrected chi connectivity index (χ0v) is 7.39. The van der Waals surface area contributed by atoms with E-state index in [0.717, 1.165) is 12.8 Å². The maximum absolute atomic E-state index is 11.5. The van der Waals surface area contributed by atoms with Crippen LogP contribution in [0.4, 0.5) is 0 Å². The molecule has 0 aromatic heterocycles. The quantitative estimate of drug-likeness (QED) is 0.563. The molecule has 3 heteroatoms. The van der Waals surface area contributed by atoms with Crippen molar-refractivity contribution in [2.45, 2.75) is 26.2 Å². The normalized spacial score (nSPS) is 20.6. The highest BCUT2D eigenvalue weighted by Crippen LogP contribution is 2.41. The molecular formula is C8H15NO2. The third-order valence-corrected chi connectivity index (χ3v) is 2.53. The number of carbonyl (C=O) groups is 1. The van der Waals surface area contributed by atoms with Gasteiger partial charge in [0.25, 0.3) is 5.91 Å². The van der Waals surface area contributed by atoms with E-state index in [1.807, 2.05) is 6.92 Å². The number of nitrogens with zero attached hydrogens (tertiary/aromatic N) is 1. The van der Waals surface area contributed by atoms with Gasteiger partial charge in [-0.05, 0) is 12.8 Å². The van der Waals surface area contributed by atoms with Crippen molar-refractivity contribution >= 4 is 5.91 Å². The standard InChI is InChI=1S/C8H15NO2/c1-8(5-4-6-8)7(10)9(2)11-3/h4-6H2,1-3H3. The molecule has 0 saturated heterocycles. The van der Waals surface area contributed by atoms with Crippen molar-refractivity contribution in [2.75, 3.05) is 14.2 Å². The number of rotatable bonds is 2. The Labute approximate surface area is 67.3 Å². The third-order valence-electron chi connectivity index (χ3n) is 2.53. The highest BCUT2D eigenvalue weighted by atomic mass is 16.7. The third kappa shape index (κ3) is 1.38. The van der Waals surface area contributed by atoms with E-state index in [1.165, 1.54) is 18.6 Å². The highest BCUT2D eigenvalue weighted by Gasteiger charge is 2.41. The Hall–Kier alpha value is -0.570. The fourth-order valence-corrected chi connectivity index (χ4v) is 1.38. The van der Waals surface area contributed by atoms with E-state index in [9.17, 15) is 4.79 Å². The van der Waals surface area contributed by atoms with Crippen LogP contribution in [-0.4, -0.2) is 25.1 Å². The number of hydrogen-bond acceptors (Lipinski definition) is 2. The molecule has 0 atom stereocenters. The first-order chi connectivity index (χ1) is 5.10. The zero-order valence-electron chi connectivity index (χ0n) is 7.39. The maximum Gasteiger partial charge on any atom is 0.251 e. The monoisotopic (exact) mass is 157 g/mol. The van der Waals surface area contributed by atoms with E-state index < -0.39 is 0 Å². The first-order valence-corrected chi connectivity index (χ1v) is 3.92. The summed E-state index contributed by atoms with van der Waals surface area (Å²) < 4.78 is 0. The summed E-state index contributed by atoms with van der Waals surface area (Å²) in [6.07, 6.45) is 3.17. The molecular weight excluding hydrogens is 142 g/mol. The first-order valence-electron chi connectivity index (χ1n) is 3.92. The SMILES string of the molecule is CON(C)C(=O)C1(C)CCC1. The molecule has 1 saturated carbocycles. The van der Waals surface area contributed by atoms with Crippen molar-refractivity contribution in [2.24, 2.45) is 5.41 Å². The topological polar surface area (TPSA) is 29.5 Å². The molecule has 11 heavy (non-hydrogen) atoms. The Morgan fingerprint density at radius 2 is 2.09 bits per heavy atom. The van der Waals surface area contributed by atoms with Gasteiger partial charge in [-0.1, -0.05) is 13.3 Å². The van der Waals surface area contributed by atoms with E-state index in [2.05, 4.69) is 0 Å². The Balaban J connectivity index is 2.52. The molecule has 1 amide bonds. The van der Waals surface area contributed by atoms with Gasteiger partial charge in [-0.25, -0.2) is 5.06 Å². The van der Waals surface area contributed by atoms with Gasteiger partial charge in [0.15, 0.2) is 0 Å². The van der Waals surface area contributed by atoms with Crippen molar-refractivity contribution in [1.82, 2.24) is 5.06 Å². The minimum atomic E-state index is -0.134. The lowest BCUT2D eigenvalue weighted by molar-refractivity contribution is -0.184. The zero-order chi connectivity index (χ0) is 8.48. The van der Waals surface area contributed by atoms with Crippen molar-refractivity contribution in [3.05, 3.63) is 0 Å². The Morgan fingerprint density at radius 1 is 1.55 bits per heavy atom. The van der Waals surface area contributed by atoms with Gasteiger partial charge in [0, 0.05) is 12.5 Å². The van der Waals surface area contributed by atoms with E-state index in [4.69, 9.17) is 4.84 Å². The lowest BCUT2D eigenvalue weighted by atomic mass is 9.70. The Kier molecular flexibility index (Phi) is 2.18. The average molecular weight is 157 g/mol. The van der Waals surface area contributed by atoms with E-state index in [1.54, 1.807) is 7.05 Å². The van der Waals surface area contributed by atoms with Gasteiger partial charge in [-0.2, -0.15) is 0 Å². The second-order valence-corrected chi connectivity index (χ2v) is 3.40. The summed E-state index contributed by atoms with van der Waals surface area (Å²) in [5.41, 5.74) is -0.134. The molecule has 0 radical (unpaired) electrons. The number of hydrogen-bond donors (Lipinski definition) is 0. The van der Waals surface area contributed by atoms with Gasteiger partial charge in [-0.15, -0.1) is 0 Å². The van der Waals surface area contributed by atoms with Crippen LogP contribution >= 0.6 is 0 Å². The fraction of sp³-hybridized carbons (Fsp3) is 0.875. The summed E-state index contributed by atoms with van der Waals surface area (Å²) in [7, 11) is 3.17. The minimum absolute atomic E-state index is 0.103. The first kappa shape index (κ1) is 8.53. The predicted octanol–water partition coefficient (Wildman–Crippen LogP) is 1.20. The van der Waals surface area contributed by atoms with Crippen LogP contribution in [0.2, 0.25) is 0 Å². The Bertz CT molecular complexity index is 163. The summed E-state index contributed by atoms with van der Waals surface area (Å²) >= 11 is 0. The summed E-state index contributed by atoms with van der Waals surface area (Å²) in [6, 6.07) is 0. The van der Waals surface area contributed by atoms with Gasteiger partial charge in [0.05, 0.1) is 7.11 Å². The van der Waals surface area contributed by atoms with E-state index in [0.29, 0.717) is 0 Å². The molecule has 0 N–H and O–H groups in total. The summed E-state index contributed by atoms with van der Waals surface area (Å²) in [6.45, 7) is 1.99. The van der Waals surface area contributed by atoms with E-state index in [-0.39, 0.29) is 11.3 Å². The lowest BCUT2D eigenvalue weighted by Gasteiger charge is -2.38. The summed E-state index contributed by atoms with van der Waals surface area (Å²) in [4.78, 5) is 16.3. The molecule has 3 nitrogen and oxygen atoms in total. The van der Waals surface area contributed by atoms with Crippen molar-refractivity contribution in [3.63, 3.8) is 0 Å². The average Bonchev–Trinajstić information content (AvgIpc) is 1.97. The van der Waals surface area contributed by atoms with Crippen LogP contribution in [0.5, 0.6) is 0 Å². The smallest absolute Gasteiger partial charge is 0.251 e. The fourth-order valence-electron chi connectivity index (χ4n) is 1.38. The van der Waals surface area contributed by atoms with Crippen LogP contribution in [-0.2, 0) is 9.63 Å². The molecule has 0 heterocycles. The second kappa shape index (κ2) is 2.81. The second-order valence-electron chi connectivity index (χ2n) is 3.40. The van der Waals surface area contributed by atoms with Crippen molar-refractivity contribution in [3.8, 4) is 0 Å². The molecule has 0 spiro atoms. The van der Waals surface area contributed by atoms with Crippen LogP contribution in [0.25, 0.3) is 0 Å². The molecule has 64 valence electrons. The minimum Gasteiger partial charge on any atom is -0.275 e.